The average Bonchev–Trinajstić information content (AvgIpc) is 3.09. The second-order valence-corrected chi connectivity index (χ2v) is 5.85. The fraction of sp³-hybridized carbons (Fsp3) is 0.333. The van der Waals surface area contributed by atoms with Gasteiger partial charge in [0.2, 0.25) is 0 Å². The summed E-state index contributed by atoms with van der Waals surface area (Å²) in [5, 5.41) is 35.2. The molecule has 174 valence electrons. The molecule has 0 aromatic heterocycles. The van der Waals surface area contributed by atoms with Gasteiger partial charge < -0.3 is 39.4 Å². The van der Waals surface area contributed by atoms with Crippen molar-refractivity contribution in [3.63, 3.8) is 0 Å². The first-order chi connectivity index (χ1) is 15.0. The Kier molecular flexibility index (Phi) is 10.2. The number of aliphatic hydroxyl groups is 1. The molecule has 32 heavy (non-hydrogen) atoms. The highest BCUT2D eigenvalue weighted by atomic mass is 16.6. The van der Waals surface area contributed by atoms with Crippen molar-refractivity contribution in [3.8, 4) is 0 Å². The molecule has 14 nitrogen and oxygen atoms in total. The maximum Gasteiger partial charge on any atom is 0.331 e. The van der Waals surface area contributed by atoms with E-state index in [-0.39, 0.29) is 0 Å². The summed E-state index contributed by atoms with van der Waals surface area (Å²) >= 11 is 0. The number of carbonyl (C=O) groups excluding carboxylic acids is 3. The zero-order chi connectivity index (χ0) is 24.3. The second kappa shape index (κ2) is 12.6. The van der Waals surface area contributed by atoms with E-state index in [4.69, 9.17) is 34.3 Å². The van der Waals surface area contributed by atoms with Crippen molar-refractivity contribution in [2.75, 3.05) is 13.2 Å². The van der Waals surface area contributed by atoms with Gasteiger partial charge in [-0.3, -0.25) is 0 Å². The van der Waals surface area contributed by atoms with Gasteiger partial charge in [0.15, 0.2) is 18.3 Å². The van der Waals surface area contributed by atoms with Crippen LogP contribution >= 0.6 is 0 Å². The molecule has 0 spiro atoms. The zero-order valence-corrected chi connectivity index (χ0v) is 16.1. The predicted octanol–water partition coefficient (Wildman–Crippen LogP) is -1.96. The molecule has 1 heterocycles. The average molecular weight is 458 g/mol. The number of carboxylic acid groups (broad SMARTS) is 3. The van der Waals surface area contributed by atoms with Crippen LogP contribution in [0, 0.1) is 0 Å². The lowest BCUT2D eigenvalue weighted by Gasteiger charge is -2.27. The molecular formula is C18H18O14. The third kappa shape index (κ3) is 9.19. The van der Waals surface area contributed by atoms with Gasteiger partial charge in [0.05, 0.1) is 13.2 Å². The Morgan fingerprint density at radius 3 is 1.72 bits per heavy atom. The highest BCUT2D eigenvalue weighted by molar-refractivity contribution is 5.92. The largest absolute Gasteiger partial charge is 0.478 e. The summed E-state index contributed by atoms with van der Waals surface area (Å²) in [5.74, 6) is -7.88. The van der Waals surface area contributed by atoms with Crippen LogP contribution < -0.4 is 0 Å². The van der Waals surface area contributed by atoms with Crippen molar-refractivity contribution >= 4 is 35.8 Å². The van der Waals surface area contributed by atoms with Crippen LogP contribution in [0.4, 0.5) is 0 Å². The molecule has 0 aliphatic carbocycles. The minimum Gasteiger partial charge on any atom is -0.478 e. The number of esters is 3. The molecule has 0 amide bonds. The SMILES string of the molecule is O=C(O)C=CC(=O)O[C@H]1[C@@H]([C@@H](CO)OC(=O)C=CC(=O)O)OC[C@@H]1OC(=O)C=CC(=O)O. The number of carbonyl (C=O) groups is 6. The molecule has 4 atom stereocenters. The quantitative estimate of drug-likeness (QED) is 0.150. The number of rotatable bonds is 11. The van der Waals surface area contributed by atoms with Crippen molar-refractivity contribution in [2.24, 2.45) is 0 Å². The number of aliphatic carboxylic acids is 3. The van der Waals surface area contributed by atoms with Crippen LogP contribution in [0.25, 0.3) is 0 Å². The molecule has 1 saturated heterocycles. The number of hydrogen-bond acceptors (Lipinski definition) is 11. The molecule has 14 heteroatoms. The van der Waals surface area contributed by atoms with E-state index in [0.29, 0.717) is 36.5 Å². The second-order valence-electron chi connectivity index (χ2n) is 5.85. The van der Waals surface area contributed by atoms with E-state index in [2.05, 4.69) is 0 Å². The van der Waals surface area contributed by atoms with Crippen LogP contribution in [0.15, 0.2) is 36.5 Å². The third-order valence-corrected chi connectivity index (χ3v) is 3.56. The topological polar surface area (TPSA) is 220 Å². The first-order valence-corrected chi connectivity index (χ1v) is 8.60. The van der Waals surface area contributed by atoms with Gasteiger partial charge in [-0.15, -0.1) is 0 Å². The molecule has 4 N–H and O–H groups in total. The van der Waals surface area contributed by atoms with Crippen LogP contribution in [0.5, 0.6) is 0 Å². The Morgan fingerprint density at radius 2 is 1.25 bits per heavy atom. The van der Waals surface area contributed by atoms with Gasteiger partial charge >= 0.3 is 35.8 Å². The minimum atomic E-state index is -1.52. The molecule has 0 unspecified atom stereocenters. The summed E-state index contributed by atoms with van der Waals surface area (Å²) in [6.07, 6.45) is -2.72. The molecule has 0 bridgehead atoms. The Labute approximate surface area is 178 Å². The maximum absolute atomic E-state index is 11.9. The molecule has 1 aliphatic heterocycles. The van der Waals surface area contributed by atoms with Crippen LogP contribution in [0.3, 0.4) is 0 Å². The summed E-state index contributed by atoms with van der Waals surface area (Å²) in [4.78, 5) is 66.9. The number of hydrogen-bond donors (Lipinski definition) is 4. The van der Waals surface area contributed by atoms with Gasteiger partial charge in [-0.05, 0) is 0 Å². The lowest BCUT2D eigenvalue weighted by Crippen LogP contribution is -2.46. The lowest BCUT2D eigenvalue weighted by molar-refractivity contribution is -0.169. The Hall–Kier alpha value is -4.04. The standard InChI is InChI=1S/C18H18O14/c19-7-9(30-14(26)4-1-11(20)21)17-18(32-16(28)6-3-13(24)25)10(8-29-17)31-15(27)5-2-12(22)23/h1-6,9-10,17-19H,7-8H2,(H,20,21)(H,22,23)(H,24,25)/t9-,10+,17-,18-/m1/s1. The van der Waals surface area contributed by atoms with Crippen LogP contribution in [-0.2, 0) is 47.7 Å². The van der Waals surface area contributed by atoms with E-state index in [1.165, 1.54) is 0 Å². The third-order valence-electron chi connectivity index (χ3n) is 3.56. The van der Waals surface area contributed by atoms with Crippen molar-refractivity contribution in [1.29, 1.82) is 0 Å². The van der Waals surface area contributed by atoms with Crippen molar-refractivity contribution in [3.05, 3.63) is 36.5 Å². The minimum absolute atomic E-state index is 0.434. The van der Waals surface area contributed by atoms with Crippen molar-refractivity contribution in [2.45, 2.75) is 24.4 Å². The zero-order valence-electron chi connectivity index (χ0n) is 16.1. The van der Waals surface area contributed by atoms with E-state index < -0.39 is 73.4 Å². The highest BCUT2D eigenvalue weighted by Crippen LogP contribution is 2.25. The monoisotopic (exact) mass is 458 g/mol. The van der Waals surface area contributed by atoms with Gasteiger partial charge in [-0.1, -0.05) is 0 Å². The van der Waals surface area contributed by atoms with E-state index >= 15 is 0 Å². The molecule has 0 radical (unpaired) electrons. The lowest BCUT2D eigenvalue weighted by atomic mass is 10.1. The normalized spacial score (nSPS) is 21.5. The van der Waals surface area contributed by atoms with Crippen LogP contribution in [0.2, 0.25) is 0 Å². The van der Waals surface area contributed by atoms with Crippen LogP contribution in [0.1, 0.15) is 0 Å². The molecule has 1 rings (SSSR count). The summed E-state index contributed by atoms with van der Waals surface area (Å²) < 4.78 is 20.2. The van der Waals surface area contributed by atoms with Gasteiger partial charge in [-0.25, -0.2) is 28.8 Å². The van der Waals surface area contributed by atoms with Crippen LogP contribution in [-0.4, -0.2) is 93.9 Å². The Bertz CT molecular complexity index is 839. The summed E-state index contributed by atoms with van der Waals surface area (Å²) in [6, 6.07) is 0. The highest BCUT2D eigenvalue weighted by Gasteiger charge is 2.47. The van der Waals surface area contributed by atoms with E-state index in [1.807, 2.05) is 0 Å². The molecule has 0 aromatic rings. The van der Waals surface area contributed by atoms with Gasteiger partial charge in [-0.2, -0.15) is 0 Å². The number of aliphatic hydroxyl groups excluding tert-OH is 1. The molecule has 1 aliphatic rings. The smallest absolute Gasteiger partial charge is 0.331 e. The van der Waals surface area contributed by atoms with Gasteiger partial charge in [0, 0.05) is 36.5 Å². The van der Waals surface area contributed by atoms with Gasteiger partial charge in [0.1, 0.15) is 6.10 Å². The summed E-state index contributed by atoms with van der Waals surface area (Å²) in [5.41, 5.74) is 0. The molecule has 0 saturated carbocycles. The predicted molar refractivity (Wildman–Crippen MR) is 96.8 cm³/mol. The number of carboxylic acids is 3. The fourth-order valence-electron chi connectivity index (χ4n) is 2.35. The van der Waals surface area contributed by atoms with Crippen molar-refractivity contribution < 1.29 is 68.1 Å². The Morgan fingerprint density at radius 1 is 0.781 bits per heavy atom. The van der Waals surface area contributed by atoms with Gasteiger partial charge in [0.25, 0.3) is 0 Å². The molecule has 1 fully saturated rings. The van der Waals surface area contributed by atoms with E-state index in [9.17, 15) is 33.9 Å². The fourth-order valence-corrected chi connectivity index (χ4v) is 2.35. The number of ether oxygens (including phenoxy) is 4. The summed E-state index contributed by atoms with van der Waals surface area (Å²) in [7, 11) is 0. The first kappa shape index (κ1) is 26.0. The summed E-state index contributed by atoms with van der Waals surface area (Å²) in [6.45, 7) is -1.31. The van der Waals surface area contributed by atoms with Crippen molar-refractivity contribution in [1.82, 2.24) is 0 Å². The molecule has 0 aromatic carbocycles. The van der Waals surface area contributed by atoms with E-state index in [0.717, 1.165) is 0 Å². The first-order valence-electron chi connectivity index (χ1n) is 8.60. The van der Waals surface area contributed by atoms with E-state index in [1.54, 1.807) is 0 Å². The Balaban J connectivity index is 3.04. The molecular weight excluding hydrogens is 440 g/mol. The maximum atomic E-state index is 11.9.